The Balaban J connectivity index is 1.09. The number of fused-ring (bicyclic) bond motifs is 3. The lowest BCUT2D eigenvalue weighted by Gasteiger charge is -2.38. The third kappa shape index (κ3) is 3.35. The predicted molar refractivity (Wildman–Crippen MR) is 120 cm³/mol. The molecule has 0 aliphatic carbocycles. The van der Waals surface area contributed by atoms with Crippen LogP contribution in [0, 0.1) is 5.41 Å². The molecular formula is C24H28N6O4. The van der Waals surface area contributed by atoms with Gasteiger partial charge in [-0.2, -0.15) is 4.68 Å². The van der Waals surface area contributed by atoms with E-state index in [2.05, 4.69) is 26.5 Å². The van der Waals surface area contributed by atoms with Crippen molar-refractivity contribution in [3.8, 4) is 5.69 Å². The molecule has 0 bridgehead atoms. The first kappa shape index (κ1) is 21.4. The topological polar surface area (TPSA) is 114 Å². The molecule has 1 aromatic carbocycles. The lowest BCUT2D eigenvalue weighted by Crippen LogP contribution is -2.45. The number of benzene rings is 1. The first-order chi connectivity index (χ1) is 16.4. The summed E-state index contributed by atoms with van der Waals surface area (Å²) in [5, 5.41) is 22.9. The highest BCUT2D eigenvalue weighted by atomic mass is 16.5. The van der Waals surface area contributed by atoms with Crippen LogP contribution in [-0.4, -0.2) is 79.8 Å². The van der Waals surface area contributed by atoms with Gasteiger partial charge < -0.3 is 19.6 Å². The lowest BCUT2D eigenvalue weighted by molar-refractivity contribution is -0.138. The summed E-state index contributed by atoms with van der Waals surface area (Å²) in [6.45, 7) is 4.64. The summed E-state index contributed by atoms with van der Waals surface area (Å²) in [5.41, 5.74) is 3.93. The fourth-order valence-corrected chi connectivity index (χ4v) is 5.82. The molecule has 0 radical (unpaired) electrons. The van der Waals surface area contributed by atoms with Crippen LogP contribution in [0.25, 0.3) is 5.69 Å². The van der Waals surface area contributed by atoms with E-state index >= 15 is 0 Å². The average Bonchev–Trinajstić information content (AvgIpc) is 3.54. The number of aryl methyl sites for hydroxylation is 2. The minimum atomic E-state index is -0.597. The van der Waals surface area contributed by atoms with E-state index in [0.717, 1.165) is 73.5 Å². The van der Waals surface area contributed by atoms with E-state index in [-0.39, 0.29) is 23.9 Å². The second kappa shape index (κ2) is 7.99. The molecule has 2 fully saturated rings. The largest absolute Gasteiger partial charge is 0.456 e. The van der Waals surface area contributed by atoms with E-state index in [0.29, 0.717) is 18.7 Å². The van der Waals surface area contributed by atoms with Gasteiger partial charge in [-0.3, -0.25) is 4.79 Å². The zero-order valence-corrected chi connectivity index (χ0v) is 19.2. The van der Waals surface area contributed by atoms with Gasteiger partial charge in [-0.25, -0.2) is 4.79 Å². The van der Waals surface area contributed by atoms with Crippen molar-refractivity contribution < 1.29 is 19.4 Å². The minimum absolute atomic E-state index is 0.122. The van der Waals surface area contributed by atoms with Gasteiger partial charge in [0.1, 0.15) is 6.61 Å². The van der Waals surface area contributed by atoms with Gasteiger partial charge in [0.25, 0.3) is 0 Å². The molecule has 1 unspecified atom stereocenters. The number of esters is 1. The van der Waals surface area contributed by atoms with Crippen LogP contribution in [0.3, 0.4) is 0 Å². The maximum Gasteiger partial charge on any atom is 0.336 e. The quantitative estimate of drug-likeness (QED) is 0.665. The van der Waals surface area contributed by atoms with Gasteiger partial charge in [0.15, 0.2) is 5.82 Å². The molecule has 2 saturated heterocycles. The van der Waals surface area contributed by atoms with Crippen molar-refractivity contribution in [3.05, 3.63) is 46.4 Å². The van der Waals surface area contributed by atoms with E-state index in [1.165, 1.54) is 0 Å². The fraction of sp³-hybridized carbons (Fsp3) is 0.542. The first-order valence-corrected chi connectivity index (χ1v) is 11.9. The van der Waals surface area contributed by atoms with Crippen molar-refractivity contribution in [2.24, 2.45) is 5.41 Å². The van der Waals surface area contributed by atoms with Crippen LogP contribution in [0.15, 0.2) is 29.5 Å². The van der Waals surface area contributed by atoms with Crippen molar-refractivity contribution in [2.75, 3.05) is 32.8 Å². The molecule has 4 aliphatic heterocycles. The number of piperidine rings is 1. The molecule has 178 valence electrons. The Morgan fingerprint density at radius 3 is 2.71 bits per heavy atom. The number of nitrogens with zero attached hydrogens (tertiary/aromatic N) is 6. The van der Waals surface area contributed by atoms with E-state index in [1.807, 2.05) is 12.1 Å². The third-order valence-corrected chi connectivity index (χ3v) is 8.03. The van der Waals surface area contributed by atoms with Crippen LogP contribution in [0.4, 0.5) is 0 Å². The van der Waals surface area contributed by atoms with Gasteiger partial charge in [0.05, 0.1) is 28.5 Å². The molecule has 1 amide bonds. The molecule has 6 rings (SSSR count). The number of tetrazole rings is 1. The number of cyclic esters (lactones) is 1. The molecule has 4 aliphatic rings. The maximum absolute atomic E-state index is 13.3. The summed E-state index contributed by atoms with van der Waals surface area (Å²) < 4.78 is 6.88. The van der Waals surface area contributed by atoms with Crippen molar-refractivity contribution in [3.63, 3.8) is 0 Å². The lowest BCUT2D eigenvalue weighted by atomic mass is 9.77. The van der Waals surface area contributed by atoms with E-state index in [4.69, 9.17) is 4.74 Å². The smallest absolute Gasteiger partial charge is 0.336 e. The number of carbonyl (C=O) groups excluding carboxylic acids is 2. The maximum atomic E-state index is 13.3. The molecule has 5 heterocycles. The normalized spacial score (nSPS) is 22.8. The summed E-state index contributed by atoms with van der Waals surface area (Å²) in [5.74, 6) is 0.659. The molecule has 1 spiro atoms. The number of likely N-dealkylation sites (tertiary alicyclic amines) is 2. The summed E-state index contributed by atoms with van der Waals surface area (Å²) in [6.07, 6.45) is 3.38. The van der Waals surface area contributed by atoms with Gasteiger partial charge in [0, 0.05) is 19.5 Å². The van der Waals surface area contributed by atoms with Crippen molar-refractivity contribution in [2.45, 2.75) is 45.1 Å². The van der Waals surface area contributed by atoms with Crippen molar-refractivity contribution in [1.82, 2.24) is 30.0 Å². The summed E-state index contributed by atoms with van der Waals surface area (Å²) in [4.78, 5) is 29.1. The summed E-state index contributed by atoms with van der Waals surface area (Å²) >= 11 is 0. The molecule has 1 aromatic heterocycles. The molecule has 10 nitrogen and oxygen atoms in total. The number of β-amino-alcohol motifs (C(OH)–C–C–N with tert-alkyl or cyclic N) is 1. The van der Waals surface area contributed by atoms with Gasteiger partial charge >= 0.3 is 5.97 Å². The Morgan fingerprint density at radius 1 is 1.15 bits per heavy atom. The Bertz CT molecular complexity index is 1200. The molecule has 2 aromatic rings. The molecule has 10 heteroatoms. The van der Waals surface area contributed by atoms with Crippen LogP contribution < -0.4 is 0 Å². The highest BCUT2D eigenvalue weighted by Gasteiger charge is 2.50. The van der Waals surface area contributed by atoms with Crippen LogP contribution >= 0.6 is 0 Å². The highest BCUT2D eigenvalue weighted by molar-refractivity contribution is 5.94. The van der Waals surface area contributed by atoms with Gasteiger partial charge in [0.2, 0.25) is 5.91 Å². The van der Waals surface area contributed by atoms with Gasteiger partial charge in [-0.15, -0.1) is 5.10 Å². The zero-order chi connectivity index (χ0) is 23.4. The Morgan fingerprint density at radius 2 is 1.94 bits per heavy atom. The van der Waals surface area contributed by atoms with Crippen LogP contribution in [0.2, 0.25) is 0 Å². The Kier molecular flexibility index (Phi) is 5.03. The van der Waals surface area contributed by atoms with Crippen LogP contribution in [0.5, 0.6) is 0 Å². The monoisotopic (exact) mass is 464 g/mol. The number of amides is 1. The second-order valence-electron chi connectivity index (χ2n) is 9.85. The standard InChI is InChI=1S/C24H28N6O4/c1-15-19(14-34-22(15)32)29-11-8-24(23(29)33)6-9-28(10-7-24)13-20(31)17-2-4-18-16(12-17)3-5-21-25-26-27-30(18)21/h2,4,12,20,31H,3,5-11,13-14H2,1H3. The first-order valence-electron chi connectivity index (χ1n) is 11.9. The second-order valence-corrected chi connectivity index (χ2v) is 9.85. The number of ether oxygens (including phenoxy) is 1. The van der Waals surface area contributed by atoms with Crippen LogP contribution in [-0.2, 0) is 27.2 Å². The highest BCUT2D eigenvalue weighted by Crippen LogP contribution is 2.44. The predicted octanol–water partition coefficient (Wildman–Crippen LogP) is 0.940. The number of carbonyl (C=O) groups is 2. The SMILES string of the molecule is CC1=C(N2CCC3(CCN(CC(O)c4ccc5c(c4)CCc4nnnn4-5)CC3)C2=O)COC1=O. The number of rotatable bonds is 4. The Hall–Kier alpha value is -3.11. The van der Waals surface area contributed by atoms with E-state index in [9.17, 15) is 14.7 Å². The van der Waals surface area contributed by atoms with Gasteiger partial charge in [-0.1, -0.05) is 12.1 Å². The number of aliphatic hydroxyl groups excluding tert-OH is 1. The van der Waals surface area contributed by atoms with Crippen molar-refractivity contribution in [1.29, 1.82) is 0 Å². The van der Waals surface area contributed by atoms with Crippen molar-refractivity contribution >= 4 is 11.9 Å². The van der Waals surface area contributed by atoms with Gasteiger partial charge in [-0.05, 0) is 73.3 Å². The molecule has 0 saturated carbocycles. The summed E-state index contributed by atoms with van der Waals surface area (Å²) in [6, 6.07) is 6.00. The van der Waals surface area contributed by atoms with E-state index in [1.54, 1.807) is 16.5 Å². The van der Waals surface area contributed by atoms with E-state index < -0.39 is 6.10 Å². The Labute approximate surface area is 197 Å². The number of aromatic nitrogens is 4. The fourth-order valence-electron chi connectivity index (χ4n) is 5.82. The minimum Gasteiger partial charge on any atom is -0.456 e. The third-order valence-electron chi connectivity index (χ3n) is 8.03. The number of hydrogen-bond donors (Lipinski definition) is 1. The average molecular weight is 465 g/mol. The molecule has 1 N–H and O–H groups in total. The molecule has 34 heavy (non-hydrogen) atoms. The number of hydrogen-bond acceptors (Lipinski definition) is 8. The summed E-state index contributed by atoms with van der Waals surface area (Å²) in [7, 11) is 0. The number of aliphatic hydroxyl groups is 1. The molecular weight excluding hydrogens is 436 g/mol. The van der Waals surface area contributed by atoms with Crippen LogP contribution in [0.1, 0.15) is 49.2 Å². The molecule has 1 atom stereocenters. The zero-order valence-electron chi connectivity index (χ0n) is 19.2.